The summed E-state index contributed by atoms with van der Waals surface area (Å²) < 4.78 is 33.6. The van der Waals surface area contributed by atoms with Gasteiger partial charge in [0.25, 0.3) is 0 Å². The monoisotopic (exact) mass is 389 g/mol. The first-order chi connectivity index (χ1) is 12.8. The number of fused-ring (bicyclic) bond motifs is 3. The largest absolute Gasteiger partial charge is 0.384 e. The van der Waals surface area contributed by atoms with Crippen LogP contribution in [0.25, 0.3) is 0 Å². The normalized spacial score (nSPS) is 27.4. The zero-order chi connectivity index (χ0) is 19.6. The van der Waals surface area contributed by atoms with Gasteiger partial charge < -0.3 is 8.92 Å². The van der Waals surface area contributed by atoms with Gasteiger partial charge >= 0.3 is 10.1 Å². The first-order valence-electron chi connectivity index (χ1n) is 9.41. The second-order valence-electron chi connectivity index (χ2n) is 7.74. The van der Waals surface area contributed by atoms with Crippen molar-refractivity contribution in [3.63, 3.8) is 0 Å². The van der Waals surface area contributed by atoms with Crippen LogP contribution in [0.15, 0.2) is 30.4 Å². The minimum Gasteiger partial charge on any atom is -0.384 e. The highest BCUT2D eigenvalue weighted by Gasteiger charge is 2.42. The second-order valence-corrected chi connectivity index (χ2v) is 9.31. The van der Waals surface area contributed by atoms with Crippen LogP contribution >= 0.6 is 0 Å². The summed E-state index contributed by atoms with van der Waals surface area (Å²) in [4.78, 5) is 0. The van der Waals surface area contributed by atoms with Crippen LogP contribution in [0.1, 0.15) is 55.1 Å². The van der Waals surface area contributed by atoms with Crippen molar-refractivity contribution in [3.05, 3.63) is 41.5 Å². The lowest BCUT2D eigenvalue weighted by molar-refractivity contribution is 0.136. The van der Waals surface area contributed by atoms with Gasteiger partial charge in [-0.25, -0.2) is 0 Å². The fraction of sp³-hybridized carbons (Fsp3) is 0.571. The average Bonchev–Trinajstić information content (AvgIpc) is 2.60. The summed E-state index contributed by atoms with van der Waals surface area (Å²) in [5.41, 5.74) is 3.66. The second kappa shape index (κ2) is 8.04. The van der Waals surface area contributed by atoms with Crippen molar-refractivity contribution < 1.29 is 17.3 Å². The van der Waals surface area contributed by atoms with Crippen molar-refractivity contribution in [2.75, 3.05) is 20.0 Å². The molecule has 6 heteroatoms. The lowest BCUT2D eigenvalue weighted by Gasteiger charge is -2.46. The van der Waals surface area contributed by atoms with E-state index in [9.17, 15) is 8.42 Å². The summed E-state index contributed by atoms with van der Waals surface area (Å²) in [5.74, 6) is 1.77. The van der Waals surface area contributed by atoms with Crippen LogP contribution in [0.4, 0.5) is 0 Å². The van der Waals surface area contributed by atoms with Crippen LogP contribution in [0.3, 0.4) is 0 Å². The maximum absolute atomic E-state index is 11.5. The molecule has 0 aliphatic heterocycles. The first-order valence-corrected chi connectivity index (χ1v) is 11.2. The van der Waals surface area contributed by atoms with E-state index in [1.165, 1.54) is 11.1 Å². The van der Waals surface area contributed by atoms with Crippen LogP contribution in [0.5, 0.6) is 5.75 Å². The smallest absolute Gasteiger partial charge is 0.306 e. The van der Waals surface area contributed by atoms with E-state index in [0.29, 0.717) is 36.5 Å². The van der Waals surface area contributed by atoms with Crippen LogP contribution in [-0.4, -0.2) is 28.4 Å². The standard InChI is InChI=1S/C21H27NO4S/c1-14-6-8-19-18-9-7-16(26-27(3,23)24)12-20(18)15(13-25-2)11-21(19)17(14)5-4-10-22/h7,9,12,15,17,19,21H,1,4-6,8,11,13H2,2-3H3. The number of rotatable bonds is 6. The third-order valence-electron chi connectivity index (χ3n) is 5.97. The molecular formula is C21H27NO4S. The molecule has 0 N–H and O–H groups in total. The first kappa shape index (κ1) is 19.9. The summed E-state index contributed by atoms with van der Waals surface area (Å²) in [6.07, 6.45) is 5.46. The van der Waals surface area contributed by atoms with Crippen LogP contribution in [0.2, 0.25) is 0 Å². The van der Waals surface area contributed by atoms with Gasteiger partial charge in [0.2, 0.25) is 0 Å². The Morgan fingerprint density at radius 2 is 2.11 bits per heavy atom. The number of ether oxygens (including phenoxy) is 1. The van der Waals surface area contributed by atoms with Crippen molar-refractivity contribution >= 4 is 10.1 Å². The van der Waals surface area contributed by atoms with E-state index in [1.807, 2.05) is 12.1 Å². The molecule has 2 aliphatic carbocycles. The molecule has 0 spiro atoms. The zero-order valence-electron chi connectivity index (χ0n) is 16.0. The molecule has 1 fully saturated rings. The Balaban J connectivity index is 1.98. The van der Waals surface area contributed by atoms with Crippen molar-refractivity contribution in [2.24, 2.45) is 11.8 Å². The highest BCUT2D eigenvalue weighted by atomic mass is 32.2. The van der Waals surface area contributed by atoms with Crippen LogP contribution < -0.4 is 4.18 Å². The number of hydrogen-bond acceptors (Lipinski definition) is 5. The molecule has 0 aromatic heterocycles. The van der Waals surface area contributed by atoms with E-state index in [0.717, 1.165) is 37.5 Å². The van der Waals surface area contributed by atoms with E-state index in [4.69, 9.17) is 14.2 Å². The molecule has 0 heterocycles. The molecule has 0 bridgehead atoms. The molecule has 2 aliphatic rings. The molecule has 1 saturated carbocycles. The molecule has 4 atom stereocenters. The quantitative estimate of drug-likeness (QED) is 0.540. The Morgan fingerprint density at radius 1 is 1.33 bits per heavy atom. The van der Waals surface area contributed by atoms with E-state index in [2.05, 4.69) is 12.6 Å². The van der Waals surface area contributed by atoms with Gasteiger partial charge in [0.1, 0.15) is 5.75 Å². The highest BCUT2D eigenvalue weighted by molar-refractivity contribution is 7.86. The Bertz CT molecular complexity index is 855. The minimum absolute atomic E-state index is 0.185. The number of nitriles is 1. The lowest BCUT2D eigenvalue weighted by Crippen LogP contribution is -2.35. The lowest BCUT2D eigenvalue weighted by atomic mass is 9.59. The molecule has 3 rings (SSSR count). The van der Waals surface area contributed by atoms with Crippen molar-refractivity contribution in [2.45, 2.75) is 43.9 Å². The molecular weight excluding hydrogens is 362 g/mol. The topological polar surface area (TPSA) is 76.4 Å². The van der Waals surface area contributed by atoms with Crippen LogP contribution in [0, 0.1) is 23.2 Å². The summed E-state index contributed by atoms with van der Waals surface area (Å²) >= 11 is 0. The molecule has 1 aromatic rings. The Morgan fingerprint density at radius 3 is 2.78 bits per heavy atom. The fourth-order valence-electron chi connectivity index (χ4n) is 4.96. The van der Waals surface area contributed by atoms with Crippen molar-refractivity contribution in [1.29, 1.82) is 5.26 Å². The summed E-state index contributed by atoms with van der Waals surface area (Å²) in [5, 5.41) is 9.03. The third kappa shape index (κ3) is 4.36. The van der Waals surface area contributed by atoms with Gasteiger partial charge in [0, 0.05) is 19.4 Å². The Hall–Kier alpha value is -1.84. The number of nitrogens with zero attached hydrogens (tertiary/aromatic N) is 1. The van der Waals surface area contributed by atoms with E-state index in [-0.39, 0.29) is 5.92 Å². The van der Waals surface area contributed by atoms with Crippen molar-refractivity contribution in [1.82, 2.24) is 0 Å². The maximum atomic E-state index is 11.5. The fourth-order valence-corrected chi connectivity index (χ4v) is 5.41. The summed E-state index contributed by atoms with van der Waals surface area (Å²) in [6.45, 7) is 4.87. The number of hydrogen-bond donors (Lipinski definition) is 0. The van der Waals surface area contributed by atoms with E-state index < -0.39 is 10.1 Å². The summed E-state index contributed by atoms with van der Waals surface area (Å²) in [6, 6.07) is 7.91. The molecule has 1 aromatic carbocycles. The van der Waals surface area contributed by atoms with Gasteiger partial charge in [-0.3, -0.25) is 0 Å². The van der Waals surface area contributed by atoms with Gasteiger partial charge in [-0.15, -0.1) is 0 Å². The molecule has 0 saturated heterocycles. The summed E-state index contributed by atoms with van der Waals surface area (Å²) in [7, 11) is -1.87. The zero-order valence-corrected chi connectivity index (χ0v) is 16.8. The minimum atomic E-state index is -3.56. The Labute approximate surface area is 162 Å². The van der Waals surface area contributed by atoms with Crippen molar-refractivity contribution in [3.8, 4) is 11.8 Å². The number of methoxy groups -OCH3 is 1. The molecule has 0 amide bonds. The van der Waals surface area contributed by atoms with Gasteiger partial charge in [0.05, 0.1) is 18.9 Å². The van der Waals surface area contributed by atoms with Crippen LogP contribution in [-0.2, 0) is 14.9 Å². The van der Waals surface area contributed by atoms with Gasteiger partial charge in [-0.1, -0.05) is 18.2 Å². The molecule has 146 valence electrons. The average molecular weight is 390 g/mol. The molecule has 5 nitrogen and oxygen atoms in total. The number of benzene rings is 1. The molecule has 0 radical (unpaired) electrons. The predicted octanol–water partition coefficient (Wildman–Crippen LogP) is 4.13. The third-order valence-corrected chi connectivity index (χ3v) is 6.47. The Kier molecular flexibility index (Phi) is 5.92. The SMILES string of the molecule is C=C1CCC2c3ccc(OS(C)(=O)=O)cc3C(COC)CC2C1CCC#N. The van der Waals surface area contributed by atoms with Gasteiger partial charge in [-0.2, -0.15) is 13.7 Å². The molecule has 27 heavy (non-hydrogen) atoms. The predicted molar refractivity (Wildman–Crippen MR) is 104 cm³/mol. The molecule has 4 unspecified atom stereocenters. The maximum Gasteiger partial charge on any atom is 0.306 e. The highest BCUT2D eigenvalue weighted by Crippen LogP contribution is 2.54. The van der Waals surface area contributed by atoms with Gasteiger partial charge in [-0.05, 0) is 66.7 Å². The van der Waals surface area contributed by atoms with E-state index >= 15 is 0 Å². The number of allylic oxidation sites excluding steroid dienone is 1. The van der Waals surface area contributed by atoms with E-state index in [1.54, 1.807) is 13.2 Å². The van der Waals surface area contributed by atoms with Gasteiger partial charge in [0.15, 0.2) is 0 Å².